The topological polar surface area (TPSA) is 56.2 Å². The molecule has 0 spiro atoms. The Balaban J connectivity index is 1.98. The SMILES string of the molecule is NCC1CC1c1cnc2ccnn2c1. The van der Waals surface area contributed by atoms with Gasteiger partial charge in [0, 0.05) is 18.5 Å². The third-order valence-electron chi connectivity index (χ3n) is 2.92. The van der Waals surface area contributed by atoms with Crippen LogP contribution in [0.1, 0.15) is 17.9 Å². The standard InChI is InChI=1S/C10H12N4/c11-4-7-3-9(7)8-5-12-10-1-2-13-14(10)6-8/h1-2,5-7,9H,3-4,11H2. The van der Waals surface area contributed by atoms with Crippen molar-refractivity contribution in [3.63, 3.8) is 0 Å². The molecule has 1 fully saturated rings. The molecular weight excluding hydrogens is 176 g/mol. The third kappa shape index (κ3) is 1.11. The van der Waals surface area contributed by atoms with Crippen LogP contribution in [0.25, 0.3) is 5.65 Å². The van der Waals surface area contributed by atoms with Gasteiger partial charge in [0.05, 0.1) is 6.20 Å². The Hall–Kier alpha value is -1.42. The smallest absolute Gasteiger partial charge is 0.154 e. The minimum Gasteiger partial charge on any atom is -0.330 e. The van der Waals surface area contributed by atoms with Crippen molar-refractivity contribution in [2.45, 2.75) is 12.3 Å². The van der Waals surface area contributed by atoms with Crippen LogP contribution in [0.15, 0.2) is 24.7 Å². The van der Waals surface area contributed by atoms with Gasteiger partial charge in [-0.1, -0.05) is 0 Å². The van der Waals surface area contributed by atoms with E-state index in [9.17, 15) is 0 Å². The lowest BCUT2D eigenvalue weighted by atomic mass is 10.2. The highest BCUT2D eigenvalue weighted by atomic mass is 15.2. The summed E-state index contributed by atoms with van der Waals surface area (Å²) in [5, 5.41) is 4.16. The van der Waals surface area contributed by atoms with Gasteiger partial charge in [0.15, 0.2) is 5.65 Å². The van der Waals surface area contributed by atoms with Crippen molar-refractivity contribution in [3.8, 4) is 0 Å². The van der Waals surface area contributed by atoms with Gasteiger partial charge in [-0.05, 0) is 30.4 Å². The maximum Gasteiger partial charge on any atom is 0.154 e. The molecule has 14 heavy (non-hydrogen) atoms. The molecule has 0 aromatic carbocycles. The lowest BCUT2D eigenvalue weighted by Gasteiger charge is -1.99. The largest absolute Gasteiger partial charge is 0.330 e. The van der Waals surface area contributed by atoms with Crippen molar-refractivity contribution < 1.29 is 0 Å². The molecule has 2 aromatic heterocycles. The molecule has 3 rings (SSSR count). The first-order valence-electron chi connectivity index (χ1n) is 4.88. The fourth-order valence-corrected chi connectivity index (χ4v) is 1.93. The molecule has 0 amide bonds. The van der Waals surface area contributed by atoms with Crippen molar-refractivity contribution in [1.82, 2.24) is 14.6 Å². The second-order valence-corrected chi connectivity index (χ2v) is 3.86. The third-order valence-corrected chi connectivity index (χ3v) is 2.92. The lowest BCUT2D eigenvalue weighted by molar-refractivity contribution is 0.798. The average molecular weight is 188 g/mol. The summed E-state index contributed by atoms with van der Waals surface area (Å²) in [6, 6.07) is 1.90. The molecule has 2 aromatic rings. The first-order valence-corrected chi connectivity index (χ1v) is 4.88. The van der Waals surface area contributed by atoms with Gasteiger partial charge in [0.1, 0.15) is 0 Å². The second-order valence-electron chi connectivity index (χ2n) is 3.86. The van der Waals surface area contributed by atoms with E-state index in [0.717, 1.165) is 12.2 Å². The summed E-state index contributed by atoms with van der Waals surface area (Å²) in [5.41, 5.74) is 7.77. The maximum atomic E-state index is 5.61. The summed E-state index contributed by atoms with van der Waals surface area (Å²) in [6.45, 7) is 0.780. The molecule has 0 radical (unpaired) electrons. The van der Waals surface area contributed by atoms with Crippen molar-refractivity contribution in [1.29, 1.82) is 0 Å². The number of hydrogen-bond acceptors (Lipinski definition) is 3. The van der Waals surface area contributed by atoms with E-state index >= 15 is 0 Å². The monoisotopic (exact) mass is 188 g/mol. The second kappa shape index (κ2) is 2.78. The zero-order valence-corrected chi connectivity index (χ0v) is 7.80. The minimum atomic E-state index is 0.612. The average Bonchev–Trinajstić information content (AvgIpc) is 2.87. The van der Waals surface area contributed by atoms with Crippen LogP contribution in [-0.4, -0.2) is 21.1 Å². The van der Waals surface area contributed by atoms with Gasteiger partial charge in [-0.2, -0.15) is 5.10 Å². The number of aromatic nitrogens is 3. The van der Waals surface area contributed by atoms with Crippen LogP contribution in [-0.2, 0) is 0 Å². The fraction of sp³-hybridized carbons (Fsp3) is 0.400. The fourth-order valence-electron chi connectivity index (χ4n) is 1.93. The van der Waals surface area contributed by atoms with Crippen LogP contribution in [0.3, 0.4) is 0 Å². The van der Waals surface area contributed by atoms with Gasteiger partial charge >= 0.3 is 0 Å². The van der Waals surface area contributed by atoms with Crippen molar-refractivity contribution in [2.24, 2.45) is 11.7 Å². The van der Waals surface area contributed by atoms with Gasteiger partial charge in [-0.3, -0.25) is 0 Å². The van der Waals surface area contributed by atoms with Crippen molar-refractivity contribution in [3.05, 3.63) is 30.2 Å². The zero-order valence-electron chi connectivity index (χ0n) is 7.80. The van der Waals surface area contributed by atoms with Crippen LogP contribution in [0.2, 0.25) is 0 Å². The highest BCUT2D eigenvalue weighted by Crippen LogP contribution is 2.46. The summed E-state index contributed by atoms with van der Waals surface area (Å²) >= 11 is 0. The molecule has 2 heterocycles. The van der Waals surface area contributed by atoms with Crippen molar-refractivity contribution >= 4 is 5.65 Å². The van der Waals surface area contributed by atoms with Gasteiger partial charge < -0.3 is 5.73 Å². The van der Waals surface area contributed by atoms with Crippen LogP contribution in [0, 0.1) is 5.92 Å². The van der Waals surface area contributed by atoms with E-state index in [4.69, 9.17) is 5.73 Å². The van der Waals surface area contributed by atoms with Gasteiger partial charge in [-0.15, -0.1) is 0 Å². The van der Waals surface area contributed by atoms with E-state index in [1.165, 1.54) is 12.0 Å². The van der Waals surface area contributed by atoms with E-state index in [0.29, 0.717) is 11.8 Å². The Morgan fingerprint density at radius 2 is 2.50 bits per heavy atom. The molecular formula is C10H12N4. The Bertz CT molecular complexity index is 462. The summed E-state index contributed by atoms with van der Waals surface area (Å²) in [5.74, 6) is 1.27. The normalized spacial score (nSPS) is 25.5. The Morgan fingerprint density at radius 3 is 3.29 bits per heavy atom. The maximum absolute atomic E-state index is 5.61. The number of fused-ring (bicyclic) bond motifs is 1. The molecule has 2 N–H and O–H groups in total. The van der Waals surface area contributed by atoms with Crippen molar-refractivity contribution in [2.75, 3.05) is 6.54 Å². The molecule has 1 aliphatic carbocycles. The van der Waals surface area contributed by atoms with E-state index in [1.807, 2.05) is 16.8 Å². The van der Waals surface area contributed by atoms with Gasteiger partial charge in [-0.25, -0.2) is 9.50 Å². The van der Waals surface area contributed by atoms with Crippen LogP contribution >= 0.6 is 0 Å². The Morgan fingerprint density at radius 1 is 1.57 bits per heavy atom. The van der Waals surface area contributed by atoms with Crippen LogP contribution < -0.4 is 5.73 Å². The van der Waals surface area contributed by atoms with Gasteiger partial charge in [0.25, 0.3) is 0 Å². The molecule has 2 unspecified atom stereocenters. The first kappa shape index (κ1) is 7.94. The first-order chi connectivity index (χ1) is 6.88. The van der Waals surface area contributed by atoms with E-state index < -0.39 is 0 Å². The Kier molecular flexibility index (Phi) is 1.58. The van der Waals surface area contributed by atoms with Gasteiger partial charge in [0.2, 0.25) is 0 Å². The number of nitrogens with two attached hydrogens (primary N) is 1. The quantitative estimate of drug-likeness (QED) is 0.758. The summed E-state index contributed by atoms with van der Waals surface area (Å²) < 4.78 is 1.82. The summed E-state index contributed by atoms with van der Waals surface area (Å²) in [7, 11) is 0. The van der Waals surface area contributed by atoms with E-state index in [1.54, 1.807) is 6.20 Å². The minimum absolute atomic E-state index is 0.612. The highest BCUT2D eigenvalue weighted by molar-refractivity contribution is 5.37. The number of hydrogen-bond donors (Lipinski definition) is 1. The highest BCUT2D eigenvalue weighted by Gasteiger charge is 2.37. The number of nitrogens with zero attached hydrogens (tertiary/aromatic N) is 3. The predicted octanol–water partition coefficient (Wildman–Crippen LogP) is 0.792. The number of rotatable bonds is 2. The molecule has 72 valence electrons. The molecule has 1 aliphatic rings. The van der Waals surface area contributed by atoms with E-state index in [2.05, 4.69) is 16.3 Å². The molecule has 0 aliphatic heterocycles. The molecule has 0 bridgehead atoms. The predicted molar refractivity (Wildman–Crippen MR) is 52.9 cm³/mol. The lowest BCUT2D eigenvalue weighted by Crippen LogP contribution is -2.02. The Labute approximate surface area is 81.8 Å². The molecule has 0 saturated heterocycles. The summed E-state index contributed by atoms with van der Waals surface area (Å²) in [6.07, 6.45) is 6.96. The van der Waals surface area contributed by atoms with Crippen LogP contribution in [0.4, 0.5) is 0 Å². The zero-order chi connectivity index (χ0) is 9.54. The molecule has 4 nitrogen and oxygen atoms in total. The summed E-state index contributed by atoms with van der Waals surface area (Å²) in [4.78, 5) is 4.33. The van der Waals surface area contributed by atoms with Crippen LogP contribution in [0.5, 0.6) is 0 Å². The van der Waals surface area contributed by atoms with E-state index in [-0.39, 0.29) is 0 Å². The molecule has 4 heteroatoms. The molecule has 1 saturated carbocycles. The molecule has 2 atom stereocenters.